The zero-order valence-electron chi connectivity index (χ0n) is 15.2. The van der Waals surface area contributed by atoms with E-state index in [1.54, 1.807) is 0 Å². The molecule has 0 bridgehead atoms. The van der Waals surface area contributed by atoms with Gasteiger partial charge in [0.1, 0.15) is 0 Å². The molecule has 6 nitrogen and oxygen atoms in total. The summed E-state index contributed by atoms with van der Waals surface area (Å²) < 4.78 is 1.80. The molecule has 5 rings (SSSR count). The molecule has 0 amide bonds. The molecule has 0 saturated carbocycles. The van der Waals surface area contributed by atoms with Crippen LogP contribution in [0.3, 0.4) is 0 Å². The fraction of sp³-hybridized carbons (Fsp3) is 0.0455. The first-order valence-corrected chi connectivity index (χ1v) is 10.7. The van der Waals surface area contributed by atoms with Crippen molar-refractivity contribution in [3.8, 4) is 28.5 Å². The van der Waals surface area contributed by atoms with Crippen molar-refractivity contribution < 1.29 is 0 Å². The second-order valence-corrected chi connectivity index (χ2v) is 8.57. The van der Waals surface area contributed by atoms with Crippen molar-refractivity contribution in [2.24, 2.45) is 0 Å². The van der Waals surface area contributed by atoms with E-state index in [1.807, 2.05) is 48.5 Å². The molecule has 0 aliphatic carbocycles. The third-order valence-electron chi connectivity index (χ3n) is 4.66. The van der Waals surface area contributed by atoms with Crippen LogP contribution in [0.1, 0.15) is 5.82 Å². The molecule has 3 heterocycles. The predicted molar refractivity (Wildman–Crippen MR) is 114 cm³/mol. The molecule has 0 unspecified atom stereocenters. The summed E-state index contributed by atoms with van der Waals surface area (Å²) in [6, 6.07) is 22.3. The number of hydrogen-bond acceptors (Lipinski definition) is 6. The summed E-state index contributed by atoms with van der Waals surface area (Å²) in [7, 11) is 0. The van der Waals surface area contributed by atoms with Crippen LogP contribution >= 0.6 is 0 Å². The van der Waals surface area contributed by atoms with Crippen molar-refractivity contribution in [3.63, 3.8) is 0 Å². The normalized spacial score (nSPS) is 11.0. The Morgan fingerprint density at radius 2 is 1.59 bits per heavy atom. The van der Waals surface area contributed by atoms with E-state index in [4.69, 9.17) is 16.0 Å². The molecule has 0 saturated heterocycles. The Morgan fingerprint density at radius 3 is 2.28 bits per heavy atom. The van der Waals surface area contributed by atoms with Gasteiger partial charge >= 0.3 is 172 Å². The molecule has 3 aromatic heterocycles. The van der Waals surface area contributed by atoms with E-state index in [0.717, 1.165) is 41.9 Å². The van der Waals surface area contributed by atoms with Crippen LogP contribution < -0.4 is 5.73 Å². The third kappa shape index (κ3) is 2.95. The van der Waals surface area contributed by atoms with Gasteiger partial charge in [0.05, 0.1) is 0 Å². The number of hydrogen-bond donors (Lipinski definition) is 1. The van der Waals surface area contributed by atoms with E-state index in [0.29, 0.717) is 11.6 Å². The van der Waals surface area contributed by atoms with Gasteiger partial charge in [-0.25, -0.2) is 0 Å². The Balaban J connectivity index is 1.95. The van der Waals surface area contributed by atoms with E-state index in [9.17, 15) is 0 Å². The zero-order chi connectivity index (χ0) is 19.8. The van der Waals surface area contributed by atoms with Crippen LogP contribution in [-0.4, -0.2) is 34.7 Å². The van der Waals surface area contributed by atoms with Crippen molar-refractivity contribution >= 4 is 39.9 Å². The number of fused-ring (bicyclic) bond motifs is 3. The summed E-state index contributed by atoms with van der Waals surface area (Å²) >= 11 is -0.133. The fourth-order valence-corrected chi connectivity index (χ4v) is 5.46. The molecule has 5 aromatic rings. The minimum absolute atomic E-state index is 0.116. The SMILES string of the molecule is N#CCc1nc(N)c2[se]c3nnc(-c4ccccc4)c(-c4ccccc4)c3c2n1. The van der Waals surface area contributed by atoms with E-state index in [2.05, 4.69) is 33.4 Å². The van der Waals surface area contributed by atoms with Gasteiger partial charge in [-0.2, -0.15) is 0 Å². The minimum atomic E-state index is -0.133. The van der Waals surface area contributed by atoms with E-state index in [1.165, 1.54) is 0 Å². The van der Waals surface area contributed by atoms with E-state index >= 15 is 0 Å². The Bertz CT molecular complexity index is 1390. The van der Waals surface area contributed by atoms with Crippen molar-refractivity contribution in [1.82, 2.24) is 20.2 Å². The number of nitrogen functional groups attached to an aromatic ring is 1. The first kappa shape index (κ1) is 17.5. The summed E-state index contributed by atoms with van der Waals surface area (Å²) in [4.78, 5) is 9.01. The first-order chi connectivity index (χ1) is 14.3. The molecule has 2 aromatic carbocycles. The van der Waals surface area contributed by atoms with E-state index in [-0.39, 0.29) is 20.9 Å². The second-order valence-electron chi connectivity index (χ2n) is 6.48. The number of anilines is 1. The van der Waals surface area contributed by atoms with Gasteiger partial charge in [0.2, 0.25) is 0 Å². The van der Waals surface area contributed by atoms with Gasteiger partial charge in [0.15, 0.2) is 0 Å². The Morgan fingerprint density at radius 1 is 0.897 bits per heavy atom. The predicted octanol–water partition coefficient (Wildman–Crippen LogP) is 3.61. The summed E-state index contributed by atoms with van der Waals surface area (Å²) in [6.07, 6.45) is 0.116. The van der Waals surface area contributed by atoms with Gasteiger partial charge in [-0.1, -0.05) is 0 Å². The van der Waals surface area contributed by atoms with E-state index < -0.39 is 0 Å². The number of rotatable bonds is 3. The van der Waals surface area contributed by atoms with Gasteiger partial charge in [-0.3, -0.25) is 0 Å². The zero-order valence-corrected chi connectivity index (χ0v) is 16.9. The molecule has 2 N–H and O–H groups in total. The maximum absolute atomic E-state index is 9.09. The van der Waals surface area contributed by atoms with Gasteiger partial charge in [-0.15, -0.1) is 0 Å². The van der Waals surface area contributed by atoms with Crippen molar-refractivity contribution in [1.29, 1.82) is 5.26 Å². The van der Waals surface area contributed by atoms with Crippen molar-refractivity contribution in [2.75, 3.05) is 5.73 Å². The van der Waals surface area contributed by atoms with Crippen LogP contribution in [0.15, 0.2) is 60.7 Å². The van der Waals surface area contributed by atoms with Crippen LogP contribution in [0, 0.1) is 11.3 Å². The molecule has 0 radical (unpaired) electrons. The number of nitriles is 1. The topological polar surface area (TPSA) is 101 Å². The van der Waals surface area contributed by atoms with Crippen LogP contribution in [0.4, 0.5) is 5.82 Å². The molecule has 0 spiro atoms. The molecule has 138 valence electrons. The summed E-state index contributed by atoms with van der Waals surface area (Å²) in [5.41, 5.74) is 10.8. The average Bonchev–Trinajstić information content (AvgIpc) is 3.14. The Labute approximate surface area is 172 Å². The number of nitrogens with zero attached hydrogens (tertiary/aromatic N) is 5. The molecule has 0 fully saturated rings. The van der Waals surface area contributed by atoms with Crippen molar-refractivity contribution in [2.45, 2.75) is 6.42 Å². The molecule has 29 heavy (non-hydrogen) atoms. The molecule has 7 heteroatoms. The van der Waals surface area contributed by atoms with Crippen molar-refractivity contribution in [3.05, 3.63) is 66.5 Å². The molecule has 0 atom stereocenters. The average molecular weight is 441 g/mol. The summed E-state index contributed by atoms with van der Waals surface area (Å²) in [6.45, 7) is 0. The fourth-order valence-electron chi connectivity index (χ4n) is 3.43. The summed E-state index contributed by atoms with van der Waals surface area (Å²) in [5, 5.41) is 19.2. The number of benzene rings is 2. The molecule has 0 aliphatic rings. The third-order valence-corrected chi connectivity index (χ3v) is 6.94. The van der Waals surface area contributed by atoms with Gasteiger partial charge in [0.25, 0.3) is 0 Å². The quantitative estimate of drug-likeness (QED) is 0.429. The van der Waals surface area contributed by atoms with Crippen LogP contribution in [-0.2, 0) is 6.42 Å². The number of aromatic nitrogens is 4. The monoisotopic (exact) mass is 442 g/mol. The standard InChI is InChI=1S/C22H14N6Se/c23-12-11-15-25-19-17-16(13-7-3-1-4-8-13)18(14-9-5-2-6-10-14)27-28-22(17)29-20(19)21(24)26-15/h1-10H,11H2,(H2,24,25,26). The van der Waals surface area contributed by atoms with Gasteiger partial charge < -0.3 is 0 Å². The Hall–Kier alpha value is -3.59. The molecule has 0 aliphatic heterocycles. The first-order valence-electron chi connectivity index (χ1n) is 8.99. The summed E-state index contributed by atoms with van der Waals surface area (Å²) in [5.74, 6) is 0.864. The molecular formula is C22H14N6Se. The maximum atomic E-state index is 9.09. The molecular weight excluding hydrogens is 427 g/mol. The second kappa shape index (κ2) is 7.10. The Kier molecular flexibility index (Phi) is 4.28. The van der Waals surface area contributed by atoms with Crippen LogP contribution in [0.5, 0.6) is 0 Å². The number of nitrogens with two attached hydrogens (primary N) is 1. The van der Waals surface area contributed by atoms with Crippen LogP contribution in [0.25, 0.3) is 41.9 Å². The van der Waals surface area contributed by atoms with Crippen LogP contribution in [0.2, 0.25) is 0 Å². The van der Waals surface area contributed by atoms with Gasteiger partial charge in [0, 0.05) is 0 Å². The van der Waals surface area contributed by atoms with Gasteiger partial charge in [-0.05, 0) is 0 Å².